The highest BCUT2D eigenvalue weighted by atomic mass is 35.5. The summed E-state index contributed by atoms with van der Waals surface area (Å²) in [5.41, 5.74) is 1.45. The van der Waals surface area contributed by atoms with Gasteiger partial charge in [0, 0.05) is 10.4 Å². The average Bonchev–Trinajstić information content (AvgIpc) is 2.75. The fourth-order valence-corrected chi connectivity index (χ4v) is 3.33. The zero-order chi connectivity index (χ0) is 20.4. The molecule has 1 N–H and O–H groups in total. The number of hydrogen-bond acceptors (Lipinski definition) is 3. The normalized spacial score (nSPS) is 11.9. The summed E-state index contributed by atoms with van der Waals surface area (Å²) in [5, 5.41) is 8.96. The van der Waals surface area contributed by atoms with Crippen molar-refractivity contribution < 1.29 is 4.79 Å². The molecule has 1 amide bonds. The number of aromatic nitrogens is 2. The Labute approximate surface area is 172 Å². The van der Waals surface area contributed by atoms with E-state index in [-0.39, 0.29) is 23.2 Å². The second-order valence-corrected chi connectivity index (χ2v) is 7.13. The van der Waals surface area contributed by atoms with Crippen LogP contribution in [0, 0.1) is 0 Å². The van der Waals surface area contributed by atoms with Gasteiger partial charge in [-0.2, -0.15) is 9.78 Å². The molecule has 4 rings (SSSR count). The number of hydrogen-bond donors (Lipinski definition) is 1. The van der Waals surface area contributed by atoms with Crippen LogP contribution in [0.4, 0.5) is 0 Å². The van der Waals surface area contributed by atoms with E-state index < -0.39 is 0 Å². The van der Waals surface area contributed by atoms with E-state index in [1.165, 1.54) is 4.68 Å². The first-order valence-electron chi connectivity index (χ1n) is 9.18. The van der Waals surface area contributed by atoms with E-state index >= 15 is 0 Å². The van der Waals surface area contributed by atoms with Crippen LogP contribution < -0.4 is 10.9 Å². The van der Waals surface area contributed by atoms with Crippen LogP contribution in [0.5, 0.6) is 0 Å². The Hall–Kier alpha value is -3.44. The maximum absolute atomic E-state index is 13.1. The van der Waals surface area contributed by atoms with Crippen molar-refractivity contribution in [2.75, 3.05) is 0 Å². The van der Waals surface area contributed by atoms with Crippen molar-refractivity contribution in [1.82, 2.24) is 15.1 Å². The molecular weight excluding hydrogens is 386 g/mol. The van der Waals surface area contributed by atoms with E-state index in [1.54, 1.807) is 48.5 Å². The molecule has 0 unspecified atom stereocenters. The fraction of sp³-hybridized carbons (Fsp3) is 0.0870. The predicted molar refractivity (Wildman–Crippen MR) is 115 cm³/mol. The molecule has 0 fully saturated rings. The van der Waals surface area contributed by atoms with Crippen LogP contribution in [-0.2, 0) is 0 Å². The summed E-state index contributed by atoms with van der Waals surface area (Å²) in [5.74, 6) is -0.353. The molecule has 0 aliphatic carbocycles. The first-order valence-corrected chi connectivity index (χ1v) is 9.56. The van der Waals surface area contributed by atoms with Crippen molar-refractivity contribution in [1.29, 1.82) is 0 Å². The number of carbonyl (C=O) groups is 1. The lowest BCUT2D eigenvalue weighted by atomic mass is 10.1. The Balaban J connectivity index is 1.78. The van der Waals surface area contributed by atoms with Crippen molar-refractivity contribution in [3.8, 4) is 5.69 Å². The predicted octanol–water partition coefficient (Wildman–Crippen LogP) is 4.53. The molecule has 4 aromatic rings. The molecule has 0 saturated heterocycles. The molecule has 0 radical (unpaired) electrons. The lowest BCUT2D eigenvalue weighted by Gasteiger charge is -2.16. The standard InChI is InChI=1S/C23H18ClN3O2/c1-15(16-11-13-17(24)14-12-16)25-22(28)21-19-9-5-6-10-20(19)23(29)27(26-21)18-7-3-2-4-8-18/h2-15H,1H3,(H,25,28)/t15-/m1/s1. The summed E-state index contributed by atoms with van der Waals surface area (Å²) in [7, 11) is 0. The molecule has 0 bridgehead atoms. The molecule has 3 aromatic carbocycles. The molecule has 0 saturated carbocycles. The monoisotopic (exact) mass is 403 g/mol. The van der Waals surface area contributed by atoms with Crippen molar-refractivity contribution in [3.05, 3.63) is 105 Å². The third-order valence-electron chi connectivity index (χ3n) is 4.74. The molecule has 144 valence electrons. The van der Waals surface area contributed by atoms with Crippen molar-refractivity contribution in [2.24, 2.45) is 0 Å². The SMILES string of the molecule is C[C@@H](NC(=O)c1nn(-c2ccccc2)c(=O)c2ccccc12)c1ccc(Cl)cc1. The minimum atomic E-state index is -0.353. The summed E-state index contributed by atoms with van der Waals surface area (Å²) in [6.07, 6.45) is 0. The maximum Gasteiger partial charge on any atom is 0.279 e. The van der Waals surface area contributed by atoms with Crippen molar-refractivity contribution in [2.45, 2.75) is 13.0 Å². The molecular formula is C23H18ClN3O2. The van der Waals surface area contributed by atoms with E-state index in [2.05, 4.69) is 10.4 Å². The summed E-state index contributed by atoms with van der Waals surface area (Å²) in [4.78, 5) is 26.0. The van der Waals surface area contributed by atoms with Gasteiger partial charge in [0.05, 0.1) is 17.1 Å². The first kappa shape index (κ1) is 18.9. The van der Waals surface area contributed by atoms with Crippen LogP contribution in [0.25, 0.3) is 16.5 Å². The Kier molecular flexibility index (Phi) is 5.14. The highest BCUT2D eigenvalue weighted by Crippen LogP contribution is 2.19. The fourth-order valence-electron chi connectivity index (χ4n) is 3.20. The number of carbonyl (C=O) groups excluding carboxylic acids is 1. The van der Waals surface area contributed by atoms with Crippen LogP contribution >= 0.6 is 11.6 Å². The van der Waals surface area contributed by atoms with Gasteiger partial charge in [-0.3, -0.25) is 9.59 Å². The lowest BCUT2D eigenvalue weighted by Crippen LogP contribution is -2.31. The molecule has 1 heterocycles. The second-order valence-electron chi connectivity index (χ2n) is 6.69. The van der Waals surface area contributed by atoms with E-state index in [9.17, 15) is 9.59 Å². The largest absolute Gasteiger partial charge is 0.344 e. The number of rotatable bonds is 4. The number of para-hydroxylation sites is 1. The summed E-state index contributed by atoms with van der Waals surface area (Å²) >= 11 is 5.94. The quantitative estimate of drug-likeness (QED) is 0.544. The highest BCUT2D eigenvalue weighted by Gasteiger charge is 2.19. The lowest BCUT2D eigenvalue weighted by molar-refractivity contribution is 0.0935. The van der Waals surface area contributed by atoms with Gasteiger partial charge in [-0.05, 0) is 42.8 Å². The summed E-state index contributed by atoms with van der Waals surface area (Å²) in [6.45, 7) is 1.89. The average molecular weight is 404 g/mol. The number of halogens is 1. The first-order chi connectivity index (χ1) is 14.0. The van der Waals surface area contributed by atoms with Crippen LogP contribution in [0.1, 0.15) is 29.0 Å². The Morgan fingerprint density at radius 3 is 2.24 bits per heavy atom. The van der Waals surface area contributed by atoms with Gasteiger partial charge in [0.25, 0.3) is 11.5 Å². The van der Waals surface area contributed by atoms with Gasteiger partial charge in [0.2, 0.25) is 0 Å². The van der Waals surface area contributed by atoms with Crippen LogP contribution in [0.2, 0.25) is 5.02 Å². The number of benzene rings is 3. The topological polar surface area (TPSA) is 64.0 Å². The van der Waals surface area contributed by atoms with Gasteiger partial charge in [0.15, 0.2) is 5.69 Å². The number of amides is 1. The van der Waals surface area contributed by atoms with Crippen LogP contribution in [0.3, 0.4) is 0 Å². The molecule has 1 aromatic heterocycles. The number of fused-ring (bicyclic) bond motifs is 1. The van der Waals surface area contributed by atoms with E-state index in [4.69, 9.17) is 11.6 Å². The van der Waals surface area contributed by atoms with Gasteiger partial charge >= 0.3 is 0 Å². The third-order valence-corrected chi connectivity index (χ3v) is 4.99. The molecule has 29 heavy (non-hydrogen) atoms. The van der Waals surface area contributed by atoms with Gasteiger partial charge in [-0.1, -0.05) is 60.1 Å². The van der Waals surface area contributed by atoms with Gasteiger partial charge in [-0.25, -0.2) is 0 Å². The Bertz CT molecular complexity index is 1230. The maximum atomic E-state index is 13.1. The molecule has 0 aliphatic rings. The summed E-state index contributed by atoms with van der Waals surface area (Å²) < 4.78 is 1.27. The number of nitrogens with one attached hydrogen (secondary N) is 1. The van der Waals surface area contributed by atoms with Gasteiger partial charge in [0.1, 0.15) is 0 Å². The minimum Gasteiger partial charge on any atom is -0.344 e. The van der Waals surface area contributed by atoms with Crippen LogP contribution in [-0.4, -0.2) is 15.7 Å². The zero-order valence-corrected chi connectivity index (χ0v) is 16.4. The Morgan fingerprint density at radius 2 is 1.55 bits per heavy atom. The number of nitrogens with zero attached hydrogens (tertiary/aromatic N) is 2. The summed E-state index contributed by atoms with van der Waals surface area (Å²) in [6, 6.07) is 23.1. The molecule has 5 nitrogen and oxygen atoms in total. The molecule has 0 spiro atoms. The minimum absolute atomic E-state index is 0.199. The smallest absolute Gasteiger partial charge is 0.279 e. The van der Waals surface area contributed by atoms with Crippen molar-refractivity contribution >= 4 is 28.3 Å². The van der Waals surface area contributed by atoms with Gasteiger partial charge in [-0.15, -0.1) is 0 Å². The van der Waals surface area contributed by atoms with Gasteiger partial charge < -0.3 is 5.32 Å². The molecule has 1 atom stereocenters. The van der Waals surface area contributed by atoms with Crippen molar-refractivity contribution in [3.63, 3.8) is 0 Å². The molecule has 0 aliphatic heterocycles. The van der Waals surface area contributed by atoms with Crippen LogP contribution in [0.15, 0.2) is 83.7 Å². The third kappa shape index (κ3) is 3.77. The highest BCUT2D eigenvalue weighted by molar-refractivity contribution is 6.30. The molecule has 6 heteroatoms. The Morgan fingerprint density at radius 1 is 0.931 bits per heavy atom. The van der Waals surface area contributed by atoms with E-state index in [0.29, 0.717) is 21.5 Å². The van der Waals surface area contributed by atoms with E-state index in [1.807, 2.05) is 37.3 Å². The second kappa shape index (κ2) is 7.89. The van der Waals surface area contributed by atoms with E-state index in [0.717, 1.165) is 5.56 Å². The zero-order valence-electron chi connectivity index (χ0n) is 15.7.